The molecule has 2 N–H and O–H groups in total. The Kier molecular flexibility index (Phi) is 3.32. The smallest absolute Gasteiger partial charge is 0.205 e. The molecular formula is C14H7BrClFN4. The molecule has 0 saturated heterocycles. The van der Waals surface area contributed by atoms with E-state index in [2.05, 4.69) is 20.9 Å². The van der Waals surface area contributed by atoms with Gasteiger partial charge in [0.2, 0.25) is 5.95 Å². The SMILES string of the molecule is N#Cc1ccc(Cl)c(-n2c(N)nc3cc(Br)c(F)cc32)c1. The molecule has 3 rings (SSSR count). The Morgan fingerprint density at radius 2 is 2.10 bits per heavy atom. The van der Waals surface area contributed by atoms with Crippen molar-refractivity contribution in [1.82, 2.24) is 9.55 Å². The molecule has 2 aromatic carbocycles. The van der Waals surface area contributed by atoms with E-state index < -0.39 is 5.82 Å². The predicted octanol–water partition coefficient (Wildman–Crippen LogP) is 4.03. The molecule has 0 spiro atoms. The second kappa shape index (κ2) is 5.02. The zero-order valence-electron chi connectivity index (χ0n) is 10.4. The highest BCUT2D eigenvalue weighted by atomic mass is 79.9. The Bertz CT molecular complexity index is 913. The maximum Gasteiger partial charge on any atom is 0.205 e. The van der Waals surface area contributed by atoms with Gasteiger partial charge in [0.1, 0.15) is 5.82 Å². The van der Waals surface area contributed by atoms with Crippen molar-refractivity contribution < 1.29 is 4.39 Å². The van der Waals surface area contributed by atoms with Gasteiger partial charge in [-0.05, 0) is 40.2 Å². The van der Waals surface area contributed by atoms with Crippen molar-refractivity contribution >= 4 is 44.5 Å². The minimum Gasteiger partial charge on any atom is -0.369 e. The van der Waals surface area contributed by atoms with E-state index >= 15 is 0 Å². The van der Waals surface area contributed by atoms with Gasteiger partial charge in [-0.15, -0.1) is 0 Å². The fraction of sp³-hybridized carbons (Fsp3) is 0. The van der Waals surface area contributed by atoms with E-state index in [1.165, 1.54) is 10.6 Å². The van der Waals surface area contributed by atoms with Crippen LogP contribution in [0.15, 0.2) is 34.8 Å². The number of halogens is 3. The summed E-state index contributed by atoms with van der Waals surface area (Å²) in [4.78, 5) is 4.19. The number of nitrogens with zero attached hydrogens (tertiary/aromatic N) is 3. The zero-order valence-corrected chi connectivity index (χ0v) is 12.8. The molecule has 3 aromatic rings. The van der Waals surface area contributed by atoms with E-state index in [4.69, 9.17) is 22.6 Å². The Labute approximate surface area is 132 Å². The molecule has 0 aliphatic heterocycles. The molecule has 0 bridgehead atoms. The number of nitriles is 1. The average molecular weight is 366 g/mol. The highest BCUT2D eigenvalue weighted by Gasteiger charge is 2.15. The zero-order chi connectivity index (χ0) is 15.1. The van der Waals surface area contributed by atoms with Crippen LogP contribution >= 0.6 is 27.5 Å². The summed E-state index contributed by atoms with van der Waals surface area (Å²) in [5.74, 6) is -0.268. The number of fused-ring (bicyclic) bond motifs is 1. The van der Waals surface area contributed by atoms with Crippen molar-refractivity contribution in [1.29, 1.82) is 5.26 Å². The molecule has 1 heterocycles. The van der Waals surface area contributed by atoms with Gasteiger partial charge < -0.3 is 5.73 Å². The summed E-state index contributed by atoms with van der Waals surface area (Å²) >= 11 is 9.28. The fourth-order valence-electron chi connectivity index (χ4n) is 2.10. The highest BCUT2D eigenvalue weighted by molar-refractivity contribution is 9.10. The third-order valence-electron chi connectivity index (χ3n) is 3.04. The minimum absolute atomic E-state index is 0.166. The van der Waals surface area contributed by atoms with Crippen LogP contribution < -0.4 is 5.73 Å². The minimum atomic E-state index is -0.434. The number of nitrogens with two attached hydrogens (primary N) is 1. The van der Waals surface area contributed by atoms with Gasteiger partial charge in [0.05, 0.1) is 37.8 Å². The van der Waals surface area contributed by atoms with Gasteiger partial charge in [0, 0.05) is 6.07 Å². The summed E-state index contributed by atoms with van der Waals surface area (Å²) in [7, 11) is 0. The van der Waals surface area contributed by atoms with E-state index in [0.717, 1.165) is 0 Å². The van der Waals surface area contributed by atoms with Gasteiger partial charge in [-0.25, -0.2) is 9.37 Å². The molecule has 0 amide bonds. The molecule has 0 aliphatic rings. The van der Waals surface area contributed by atoms with E-state index in [1.54, 1.807) is 24.3 Å². The summed E-state index contributed by atoms with van der Waals surface area (Å²) in [6.45, 7) is 0. The second-order valence-corrected chi connectivity index (χ2v) is 5.60. The summed E-state index contributed by atoms with van der Waals surface area (Å²) in [5, 5.41) is 9.39. The topological polar surface area (TPSA) is 67.6 Å². The van der Waals surface area contributed by atoms with Crippen molar-refractivity contribution in [3.63, 3.8) is 0 Å². The molecule has 0 aliphatic carbocycles. The molecule has 0 atom stereocenters. The second-order valence-electron chi connectivity index (χ2n) is 4.34. The largest absolute Gasteiger partial charge is 0.369 e. The van der Waals surface area contributed by atoms with E-state index in [0.29, 0.717) is 31.8 Å². The van der Waals surface area contributed by atoms with Crippen molar-refractivity contribution in [2.45, 2.75) is 0 Å². The highest BCUT2D eigenvalue weighted by Crippen LogP contribution is 2.31. The number of anilines is 1. The first-order chi connectivity index (χ1) is 10.0. The van der Waals surface area contributed by atoms with Crippen LogP contribution in [-0.4, -0.2) is 9.55 Å². The Hall–Kier alpha value is -2.10. The molecule has 4 nitrogen and oxygen atoms in total. The lowest BCUT2D eigenvalue weighted by molar-refractivity contribution is 0.622. The first-order valence-electron chi connectivity index (χ1n) is 5.84. The normalized spacial score (nSPS) is 10.8. The number of nitrogen functional groups attached to an aromatic ring is 1. The first kappa shape index (κ1) is 13.9. The third-order valence-corrected chi connectivity index (χ3v) is 3.97. The monoisotopic (exact) mass is 364 g/mol. The molecule has 21 heavy (non-hydrogen) atoms. The van der Waals surface area contributed by atoms with E-state index in [9.17, 15) is 4.39 Å². The molecule has 0 radical (unpaired) electrons. The number of rotatable bonds is 1. The Morgan fingerprint density at radius 3 is 2.81 bits per heavy atom. The molecule has 0 saturated carbocycles. The van der Waals surface area contributed by atoms with Crippen molar-refractivity contribution in [3.8, 4) is 11.8 Å². The Morgan fingerprint density at radius 1 is 1.33 bits per heavy atom. The van der Waals surface area contributed by atoms with Crippen LogP contribution in [0, 0.1) is 17.1 Å². The fourth-order valence-corrected chi connectivity index (χ4v) is 2.63. The summed E-state index contributed by atoms with van der Waals surface area (Å²) < 4.78 is 15.6. The van der Waals surface area contributed by atoms with Crippen LogP contribution in [0.4, 0.5) is 10.3 Å². The van der Waals surface area contributed by atoms with Gasteiger partial charge in [0.25, 0.3) is 0 Å². The molecule has 0 fully saturated rings. The molecular weight excluding hydrogens is 359 g/mol. The number of benzene rings is 2. The van der Waals surface area contributed by atoms with Crippen LogP contribution in [0.1, 0.15) is 5.56 Å². The Balaban J connectivity index is 2.38. The summed E-state index contributed by atoms with van der Waals surface area (Å²) in [6.07, 6.45) is 0. The summed E-state index contributed by atoms with van der Waals surface area (Å²) in [6, 6.07) is 9.66. The quantitative estimate of drug-likeness (QED) is 0.708. The maximum absolute atomic E-state index is 13.8. The molecule has 0 unspecified atom stereocenters. The molecule has 104 valence electrons. The lowest BCUT2D eigenvalue weighted by Crippen LogP contribution is -2.02. The average Bonchev–Trinajstić information content (AvgIpc) is 2.75. The molecule has 7 heteroatoms. The maximum atomic E-state index is 13.8. The molecule has 1 aromatic heterocycles. The van der Waals surface area contributed by atoms with Crippen LogP contribution in [0.2, 0.25) is 5.02 Å². The van der Waals surface area contributed by atoms with Crippen molar-refractivity contribution in [3.05, 3.63) is 51.2 Å². The van der Waals surface area contributed by atoms with Crippen LogP contribution in [0.3, 0.4) is 0 Å². The number of aromatic nitrogens is 2. The van der Waals surface area contributed by atoms with Gasteiger partial charge in [-0.3, -0.25) is 4.57 Å². The van der Waals surface area contributed by atoms with Gasteiger partial charge in [-0.1, -0.05) is 11.6 Å². The first-order valence-corrected chi connectivity index (χ1v) is 7.01. The van der Waals surface area contributed by atoms with Gasteiger partial charge in [0.15, 0.2) is 0 Å². The lowest BCUT2D eigenvalue weighted by Gasteiger charge is -2.09. The third kappa shape index (κ3) is 2.24. The number of hydrogen-bond acceptors (Lipinski definition) is 3. The van der Waals surface area contributed by atoms with E-state index in [1.807, 2.05) is 6.07 Å². The van der Waals surface area contributed by atoms with Crippen molar-refractivity contribution in [2.75, 3.05) is 5.73 Å². The lowest BCUT2D eigenvalue weighted by atomic mass is 10.2. The number of imidazole rings is 1. The van der Waals surface area contributed by atoms with Crippen LogP contribution in [0.25, 0.3) is 16.7 Å². The summed E-state index contributed by atoms with van der Waals surface area (Å²) in [5.41, 5.74) is 7.83. The van der Waals surface area contributed by atoms with Crippen LogP contribution in [-0.2, 0) is 0 Å². The predicted molar refractivity (Wildman–Crippen MR) is 82.9 cm³/mol. The van der Waals surface area contributed by atoms with Crippen molar-refractivity contribution in [2.24, 2.45) is 0 Å². The van der Waals surface area contributed by atoms with Gasteiger partial charge in [-0.2, -0.15) is 5.26 Å². The van der Waals surface area contributed by atoms with Crippen LogP contribution in [0.5, 0.6) is 0 Å². The van der Waals surface area contributed by atoms with Gasteiger partial charge >= 0.3 is 0 Å². The standard InChI is InChI=1S/C14H7BrClFN4/c15-8-4-11-13(5-10(8)17)21(14(19)20-11)12-3-7(6-18)1-2-9(12)16/h1-5H,(H2,19,20). The van der Waals surface area contributed by atoms with E-state index in [-0.39, 0.29) is 5.95 Å². The number of hydrogen-bond donors (Lipinski definition) is 1.